The van der Waals surface area contributed by atoms with Crippen LogP contribution in [-0.2, 0) is 22.3 Å². The molecule has 1 aliphatic heterocycles. The molecule has 0 atom stereocenters. The number of ether oxygens (including phenoxy) is 2. The van der Waals surface area contributed by atoms with E-state index in [4.69, 9.17) is 9.47 Å². The first kappa shape index (κ1) is 24.3. The summed E-state index contributed by atoms with van der Waals surface area (Å²) in [5.74, 6) is 0. The van der Waals surface area contributed by atoms with E-state index in [0.717, 1.165) is 52.2 Å². The van der Waals surface area contributed by atoms with E-state index >= 15 is 0 Å². The van der Waals surface area contributed by atoms with Crippen LogP contribution in [0.3, 0.4) is 0 Å². The van der Waals surface area contributed by atoms with Gasteiger partial charge in [0.2, 0.25) is 0 Å². The molecule has 1 aliphatic rings. The van der Waals surface area contributed by atoms with Gasteiger partial charge in [-0.1, -0.05) is 56.3 Å². The lowest BCUT2D eigenvalue weighted by Gasteiger charge is -2.12. The molecule has 30 heavy (non-hydrogen) atoms. The lowest BCUT2D eigenvalue weighted by atomic mass is 10.0. The van der Waals surface area contributed by atoms with Crippen molar-refractivity contribution in [3.63, 3.8) is 0 Å². The number of quaternary nitrogens is 1. The Morgan fingerprint density at radius 3 is 2.43 bits per heavy atom. The monoisotopic (exact) mass is 412 g/mol. The highest BCUT2D eigenvalue weighted by molar-refractivity contribution is 5.78. The van der Waals surface area contributed by atoms with Gasteiger partial charge in [0, 0.05) is 18.4 Å². The Labute approximate surface area is 182 Å². The SMILES string of the molecule is CC.Cc1ccccc1CC[NH2+]CCOCCOCC[N+]1=Cc2ccccc2CC1. The summed E-state index contributed by atoms with van der Waals surface area (Å²) in [6.07, 6.45) is 4.50. The van der Waals surface area contributed by atoms with Crippen LogP contribution in [0.15, 0.2) is 48.5 Å². The number of rotatable bonds is 12. The van der Waals surface area contributed by atoms with Crippen LogP contribution >= 0.6 is 0 Å². The van der Waals surface area contributed by atoms with Crippen molar-refractivity contribution in [2.24, 2.45) is 0 Å². The fourth-order valence-electron chi connectivity index (χ4n) is 3.55. The van der Waals surface area contributed by atoms with Crippen LogP contribution in [0, 0.1) is 6.92 Å². The molecule has 0 saturated carbocycles. The minimum absolute atomic E-state index is 0.674. The molecule has 4 nitrogen and oxygen atoms in total. The van der Waals surface area contributed by atoms with Crippen LogP contribution in [0.2, 0.25) is 0 Å². The summed E-state index contributed by atoms with van der Waals surface area (Å²) in [5, 5.41) is 2.33. The van der Waals surface area contributed by atoms with Gasteiger partial charge in [-0.2, -0.15) is 0 Å². The van der Waals surface area contributed by atoms with Gasteiger partial charge in [-0.25, -0.2) is 4.58 Å². The first-order valence-electron chi connectivity index (χ1n) is 11.5. The first-order chi connectivity index (χ1) is 14.8. The summed E-state index contributed by atoms with van der Waals surface area (Å²) in [6.45, 7) is 13.2. The summed E-state index contributed by atoms with van der Waals surface area (Å²) >= 11 is 0. The molecule has 2 aromatic rings. The zero-order chi connectivity index (χ0) is 21.4. The quantitative estimate of drug-likeness (QED) is 0.430. The predicted octanol–water partition coefficient (Wildman–Crippen LogP) is 2.85. The topological polar surface area (TPSA) is 38.1 Å². The third kappa shape index (κ3) is 8.78. The molecule has 0 amide bonds. The maximum Gasteiger partial charge on any atom is 0.171 e. The molecule has 2 aromatic carbocycles. The Bertz CT molecular complexity index is 758. The largest absolute Gasteiger partial charge is 0.373 e. The highest BCUT2D eigenvalue weighted by atomic mass is 16.5. The smallest absolute Gasteiger partial charge is 0.171 e. The molecule has 1 heterocycles. The fraction of sp³-hybridized carbons (Fsp3) is 0.500. The number of nitrogens with zero attached hydrogens (tertiary/aromatic N) is 1. The van der Waals surface area contributed by atoms with Gasteiger partial charge < -0.3 is 14.8 Å². The molecule has 4 heteroatoms. The maximum absolute atomic E-state index is 5.73. The molecule has 0 bridgehead atoms. The van der Waals surface area contributed by atoms with E-state index in [0.29, 0.717) is 13.2 Å². The van der Waals surface area contributed by atoms with Crippen molar-refractivity contribution in [1.29, 1.82) is 0 Å². The average Bonchev–Trinajstić information content (AvgIpc) is 2.80. The molecule has 0 spiro atoms. The molecular formula is C26H40N2O2+2. The Morgan fingerprint density at radius 2 is 1.60 bits per heavy atom. The Kier molecular flexibility index (Phi) is 12.0. The van der Waals surface area contributed by atoms with Crippen molar-refractivity contribution in [1.82, 2.24) is 0 Å². The lowest BCUT2D eigenvalue weighted by Crippen LogP contribution is -2.85. The second-order valence-corrected chi connectivity index (χ2v) is 7.38. The fourth-order valence-corrected chi connectivity index (χ4v) is 3.55. The van der Waals surface area contributed by atoms with Crippen LogP contribution in [0.25, 0.3) is 0 Å². The molecule has 0 unspecified atom stereocenters. The van der Waals surface area contributed by atoms with Gasteiger partial charge in [-0.05, 0) is 29.7 Å². The molecule has 0 saturated heterocycles. The van der Waals surface area contributed by atoms with Gasteiger partial charge in [0.15, 0.2) is 12.8 Å². The first-order valence-corrected chi connectivity index (χ1v) is 11.5. The van der Waals surface area contributed by atoms with Gasteiger partial charge in [0.1, 0.15) is 13.2 Å². The van der Waals surface area contributed by atoms with Crippen molar-refractivity contribution in [2.75, 3.05) is 52.6 Å². The van der Waals surface area contributed by atoms with Crippen molar-refractivity contribution in [2.45, 2.75) is 33.6 Å². The second-order valence-electron chi connectivity index (χ2n) is 7.38. The van der Waals surface area contributed by atoms with E-state index in [1.807, 2.05) is 13.8 Å². The zero-order valence-electron chi connectivity index (χ0n) is 19.1. The minimum Gasteiger partial charge on any atom is -0.373 e. The van der Waals surface area contributed by atoms with E-state index in [-0.39, 0.29) is 0 Å². The predicted molar refractivity (Wildman–Crippen MR) is 125 cm³/mol. The molecule has 0 radical (unpaired) electrons. The molecule has 3 rings (SSSR count). The highest BCUT2D eigenvalue weighted by Crippen LogP contribution is 2.10. The van der Waals surface area contributed by atoms with E-state index in [2.05, 4.69) is 71.6 Å². The van der Waals surface area contributed by atoms with Crippen molar-refractivity contribution < 1.29 is 19.4 Å². The summed E-state index contributed by atoms with van der Waals surface area (Å²) in [6, 6.07) is 17.2. The Hall–Kier alpha value is -2.01. The molecule has 0 aliphatic carbocycles. The number of benzene rings is 2. The van der Waals surface area contributed by atoms with Crippen LogP contribution in [0.5, 0.6) is 0 Å². The Morgan fingerprint density at radius 1 is 0.867 bits per heavy atom. The van der Waals surface area contributed by atoms with E-state index in [9.17, 15) is 0 Å². The van der Waals surface area contributed by atoms with Crippen molar-refractivity contribution in [3.05, 3.63) is 70.8 Å². The molecular weight excluding hydrogens is 372 g/mol. The molecule has 0 fully saturated rings. The summed E-state index contributed by atoms with van der Waals surface area (Å²) < 4.78 is 13.8. The van der Waals surface area contributed by atoms with Gasteiger partial charge >= 0.3 is 0 Å². The van der Waals surface area contributed by atoms with E-state index in [1.165, 1.54) is 22.3 Å². The minimum atomic E-state index is 0.674. The normalized spacial score (nSPS) is 12.6. The molecule has 0 aromatic heterocycles. The highest BCUT2D eigenvalue weighted by Gasteiger charge is 2.14. The van der Waals surface area contributed by atoms with Gasteiger partial charge in [0.05, 0.1) is 32.9 Å². The summed E-state index contributed by atoms with van der Waals surface area (Å²) in [5.41, 5.74) is 5.62. The van der Waals surface area contributed by atoms with Crippen LogP contribution in [-0.4, -0.2) is 63.4 Å². The van der Waals surface area contributed by atoms with E-state index < -0.39 is 0 Å². The number of aryl methyl sites for hydroxylation is 1. The van der Waals surface area contributed by atoms with Crippen molar-refractivity contribution >= 4 is 6.21 Å². The van der Waals surface area contributed by atoms with Gasteiger partial charge in [-0.3, -0.25) is 0 Å². The van der Waals surface area contributed by atoms with E-state index in [1.54, 1.807) is 0 Å². The number of fused-ring (bicyclic) bond motifs is 1. The van der Waals surface area contributed by atoms with Crippen molar-refractivity contribution in [3.8, 4) is 0 Å². The third-order valence-corrected chi connectivity index (χ3v) is 5.29. The second kappa shape index (κ2) is 14.9. The zero-order valence-corrected chi connectivity index (χ0v) is 19.1. The van der Waals surface area contributed by atoms with Crippen LogP contribution in [0.4, 0.5) is 0 Å². The van der Waals surface area contributed by atoms with Crippen LogP contribution in [0.1, 0.15) is 36.1 Å². The standard InChI is InChI=1S/C24H33N2O2.C2H6/c1-21-6-2-3-7-22(21)10-12-25-13-16-27-18-19-28-17-15-26-14-11-23-8-4-5-9-24(23)20-26;1-2/h2-9,20,25H,10-19H2,1H3;1-2H3/q+1;/p+1. The Balaban J connectivity index is 0.00000155. The summed E-state index contributed by atoms with van der Waals surface area (Å²) in [7, 11) is 0. The lowest BCUT2D eigenvalue weighted by molar-refractivity contribution is -0.655. The molecule has 164 valence electrons. The number of hydrogen-bond acceptors (Lipinski definition) is 2. The average molecular weight is 413 g/mol. The third-order valence-electron chi connectivity index (χ3n) is 5.29. The maximum atomic E-state index is 5.73. The number of hydrogen-bond donors (Lipinski definition) is 1. The summed E-state index contributed by atoms with van der Waals surface area (Å²) in [4.78, 5) is 0. The molecule has 2 N–H and O–H groups in total. The van der Waals surface area contributed by atoms with Gasteiger partial charge in [0.25, 0.3) is 0 Å². The van der Waals surface area contributed by atoms with Crippen LogP contribution < -0.4 is 5.32 Å². The van der Waals surface area contributed by atoms with Gasteiger partial charge in [-0.15, -0.1) is 0 Å². The number of nitrogens with two attached hydrogens (primary N) is 1.